The Kier molecular flexibility index (Phi) is 3.26. The van der Waals surface area contributed by atoms with Gasteiger partial charge in [-0.25, -0.2) is 0 Å². The lowest BCUT2D eigenvalue weighted by molar-refractivity contribution is -0.140. The number of nitrogens with two attached hydrogens (primary N) is 1. The molecule has 1 aliphatic heterocycles. The predicted octanol–water partition coefficient (Wildman–Crippen LogP) is 0.504. The van der Waals surface area contributed by atoms with Crippen LogP contribution in [0.3, 0.4) is 0 Å². The Labute approximate surface area is 90.8 Å². The predicted molar refractivity (Wildman–Crippen MR) is 57.4 cm³/mol. The van der Waals surface area contributed by atoms with Crippen LogP contribution in [0.4, 0.5) is 0 Å². The van der Waals surface area contributed by atoms with Crippen molar-refractivity contribution >= 4 is 5.91 Å². The number of carbonyl (C=O) groups is 1. The Morgan fingerprint density at radius 1 is 1.33 bits per heavy atom. The number of nitrogens with zero attached hydrogens (tertiary/aromatic N) is 1. The number of likely N-dealkylation sites (tertiary alicyclic amines) is 1. The lowest BCUT2D eigenvalue weighted by atomic mass is 10.0. The molecule has 1 heterocycles. The van der Waals surface area contributed by atoms with E-state index in [0.29, 0.717) is 0 Å². The van der Waals surface area contributed by atoms with Crippen molar-refractivity contribution in [3.63, 3.8) is 0 Å². The summed E-state index contributed by atoms with van der Waals surface area (Å²) in [5.41, 5.74) is 5.79. The molecular weight excluding hydrogens is 192 g/mol. The second kappa shape index (κ2) is 4.49. The summed E-state index contributed by atoms with van der Waals surface area (Å²) in [7, 11) is 1.73. The van der Waals surface area contributed by atoms with E-state index in [1.54, 1.807) is 7.11 Å². The van der Waals surface area contributed by atoms with Gasteiger partial charge in [-0.05, 0) is 32.1 Å². The Balaban J connectivity index is 2.05. The first-order valence-electron chi connectivity index (χ1n) is 5.83. The van der Waals surface area contributed by atoms with E-state index in [0.717, 1.165) is 38.6 Å². The number of hydrogen-bond donors (Lipinski definition) is 1. The second-order valence-electron chi connectivity index (χ2n) is 4.55. The van der Waals surface area contributed by atoms with Crippen LogP contribution in [-0.4, -0.2) is 42.6 Å². The summed E-state index contributed by atoms with van der Waals surface area (Å²) in [5, 5.41) is 0. The molecule has 3 atom stereocenters. The fourth-order valence-corrected chi connectivity index (χ4v) is 2.80. The van der Waals surface area contributed by atoms with Crippen LogP contribution >= 0.6 is 0 Å². The quantitative estimate of drug-likeness (QED) is 0.725. The van der Waals surface area contributed by atoms with Crippen molar-refractivity contribution in [2.45, 2.75) is 50.3 Å². The zero-order chi connectivity index (χ0) is 10.8. The van der Waals surface area contributed by atoms with Gasteiger partial charge in [-0.15, -0.1) is 0 Å². The standard InChI is InChI=1S/C11H20N2O2/c1-15-10-6-2-5-9(10)13-7-3-4-8(12)11(13)14/h8-10H,2-7,12H2,1H3. The van der Waals surface area contributed by atoms with Crippen molar-refractivity contribution in [2.75, 3.05) is 13.7 Å². The Hall–Kier alpha value is -0.610. The molecule has 0 bridgehead atoms. The highest BCUT2D eigenvalue weighted by Gasteiger charge is 2.37. The minimum Gasteiger partial charge on any atom is -0.379 e. The van der Waals surface area contributed by atoms with Gasteiger partial charge in [-0.3, -0.25) is 4.79 Å². The van der Waals surface area contributed by atoms with E-state index >= 15 is 0 Å². The number of methoxy groups -OCH3 is 1. The zero-order valence-corrected chi connectivity index (χ0v) is 9.32. The van der Waals surface area contributed by atoms with Gasteiger partial charge in [0, 0.05) is 13.7 Å². The molecule has 2 N–H and O–H groups in total. The molecule has 2 fully saturated rings. The molecule has 2 aliphatic rings. The van der Waals surface area contributed by atoms with E-state index < -0.39 is 0 Å². The van der Waals surface area contributed by atoms with Crippen molar-refractivity contribution in [2.24, 2.45) is 5.73 Å². The van der Waals surface area contributed by atoms with Gasteiger partial charge in [0.1, 0.15) is 0 Å². The maximum Gasteiger partial charge on any atom is 0.239 e. The SMILES string of the molecule is COC1CCCC1N1CCCC(N)C1=O. The first-order chi connectivity index (χ1) is 7.24. The summed E-state index contributed by atoms with van der Waals surface area (Å²) in [5.74, 6) is 0.121. The highest BCUT2D eigenvalue weighted by molar-refractivity contribution is 5.82. The van der Waals surface area contributed by atoms with Crippen LogP contribution in [0.5, 0.6) is 0 Å². The summed E-state index contributed by atoms with van der Waals surface area (Å²) < 4.78 is 5.43. The number of ether oxygens (including phenoxy) is 1. The number of piperidine rings is 1. The first-order valence-corrected chi connectivity index (χ1v) is 5.83. The van der Waals surface area contributed by atoms with Gasteiger partial charge in [0.25, 0.3) is 0 Å². The molecule has 4 nitrogen and oxygen atoms in total. The van der Waals surface area contributed by atoms with Crippen molar-refractivity contribution in [3.05, 3.63) is 0 Å². The van der Waals surface area contributed by atoms with Gasteiger partial charge < -0.3 is 15.4 Å². The van der Waals surface area contributed by atoms with Gasteiger partial charge in [-0.2, -0.15) is 0 Å². The zero-order valence-electron chi connectivity index (χ0n) is 9.32. The van der Waals surface area contributed by atoms with Crippen LogP contribution in [0.2, 0.25) is 0 Å². The molecule has 0 spiro atoms. The molecule has 0 aromatic carbocycles. The fraction of sp³-hybridized carbons (Fsp3) is 0.909. The van der Waals surface area contributed by atoms with Crippen LogP contribution in [0.15, 0.2) is 0 Å². The third-order valence-corrected chi connectivity index (χ3v) is 3.64. The lowest BCUT2D eigenvalue weighted by Crippen LogP contribution is -2.54. The third kappa shape index (κ3) is 2.01. The molecule has 2 rings (SSSR count). The molecule has 3 unspecified atom stereocenters. The molecule has 0 radical (unpaired) electrons. The number of rotatable bonds is 2. The van der Waals surface area contributed by atoms with Crippen molar-refractivity contribution in [1.82, 2.24) is 4.90 Å². The number of hydrogen-bond acceptors (Lipinski definition) is 3. The summed E-state index contributed by atoms with van der Waals surface area (Å²) in [6.07, 6.45) is 5.37. The van der Waals surface area contributed by atoms with Gasteiger partial charge in [0.2, 0.25) is 5.91 Å². The molecule has 15 heavy (non-hydrogen) atoms. The topological polar surface area (TPSA) is 55.6 Å². The average Bonchev–Trinajstić information content (AvgIpc) is 2.70. The molecule has 86 valence electrons. The molecular formula is C11H20N2O2. The van der Waals surface area contributed by atoms with E-state index in [1.165, 1.54) is 0 Å². The van der Waals surface area contributed by atoms with Gasteiger partial charge in [-0.1, -0.05) is 0 Å². The molecule has 1 saturated carbocycles. The van der Waals surface area contributed by atoms with Gasteiger partial charge in [0.05, 0.1) is 18.2 Å². The molecule has 1 amide bonds. The Bertz CT molecular complexity index is 245. The first kappa shape index (κ1) is 10.9. The van der Waals surface area contributed by atoms with Gasteiger partial charge in [0.15, 0.2) is 0 Å². The third-order valence-electron chi connectivity index (χ3n) is 3.64. The minimum absolute atomic E-state index is 0.121. The highest BCUT2D eigenvalue weighted by Crippen LogP contribution is 2.28. The normalized spacial score (nSPS) is 37.3. The Morgan fingerprint density at radius 2 is 2.13 bits per heavy atom. The molecule has 1 aliphatic carbocycles. The van der Waals surface area contributed by atoms with E-state index in [1.807, 2.05) is 4.90 Å². The van der Waals surface area contributed by atoms with E-state index in [4.69, 9.17) is 10.5 Å². The summed E-state index contributed by atoms with van der Waals surface area (Å²) in [4.78, 5) is 13.9. The van der Waals surface area contributed by atoms with Crippen LogP contribution < -0.4 is 5.73 Å². The molecule has 0 aromatic heterocycles. The smallest absolute Gasteiger partial charge is 0.239 e. The largest absolute Gasteiger partial charge is 0.379 e. The minimum atomic E-state index is -0.281. The Morgan fingerprint density at radius 3 is 2.87 bits per heavy atom. The fourth-order valence-electron chi connectivity index (χ4n) is 2.80. The summed E-state index contributed by atoms with van der Waals surface area (Å²) in [6, 6.07) is -0.00861. The van der Waals surface area contributed by atoms with Gasteiger partial charge >= 0.3 is 0 Å². The maximum atomic E-state index is 11.9. The monoisotopic (exact) mass is 212 g/mol. The van der Waals surface area contributed by atoms with E-state index in [9.17, 15) is 4.79 Å². The van der Waals surface area contributed by atoms with Crippen molar-refractivity contribution < 1.29 is 9.53 Å². The second-order valence-corrected chi connectivity index (χ2v) is 4.55. The van der Waals surface area contributed by atoms with Crippen molar-refractivity contribution in [1.29, 1.82) is 0 Å². The summed E-state index contributed by atoms with van der Waals surface area (Å²) in [6.45, 7) is 0.858. The maximum absolute atomic E-state index is 11.9. The van der Waals surface area contributed by atoms with Crippen molar-refractivity contribution in [3.8, 4) is 0 Å². The molecule has 4 heteroatoms. The van der Waals surface area contributed by atoms with Crippen LogP contribution in [0, 0.1) is 0 Å². The average molecular weight is 212 g/mol. The molecule has 0 aromatic rings. The van der Waals surface area contributed by atoms with E-state index in [-0.39, 0.29) is 24.1 Å². The van der Waals surface area contributed by atoms with Crippen LogP contribution in [0.25, 0.3) is 0 Å². The number of carbonyl (C=O) groups excluding carboxylic acids is 1. The molecule has 1 saturated heterocycles. The lowest BCUT2D eigenvalue weighted by Gasteiger charge is -2.37. The van der Waals surface area contributed by atoms with Crippen LogP contribution in [0.1, 0.15) is 32.1 Å². The van der Waals surface area contributed by atoms with Crippen LogP contribution in [-0.2, 0) is 9.53 Å². The number of amides is 1. The highest BCUT2D eigenvalue weighted by atomic mass is 16.5. The summed E-state index contributed by atoms with van der Waals surface area (Å²) >= 11 is 0. The van der Waals surface area contributed by atoms with E-state index in [2.05, 4.69) is 0 Å².